The van der Waals surface area contributed by atoms with Crippen LogP contribution in [0.25, 0.3) is 11.5 Å². The first-order chi connectivity index (χ1) is 9.85. The number of hydrogen-bond acceptors (Lipinski definition) is 5. The molecule has 0 amide bonds. The summed E-state index contributed by atoms with van der Waals surface area (Å²) in [5, 5.41) is 13.2. The summed E-state index contributed by atoms with van der Waals surface area (Å²) in [5.74, 6) is 0.416. The molecule has 1 aromatic carbocycles. The standard InChI is InChI=1S/C12H10BrF3N2O3/c13-8-2-1-7(5-9(8)19)11-17-10(18-21-11)3-4-20-6-12(14,15)16/h1-2,5,19H,3-4,6H2. The van der Waals surface area contributed by atoms with Gasteiger partial charge >= 0.3 is 6.18 Å². The van der Waals surface area contributed by atoms with E-state index in [2.05, 4.69) is 30.8 Å². The number of rotatable bonds is 5. The number of hydrogen-bond donors (Lipinski definition) is 1. The Labute approximate surface area is 125 Å². The minimum absolute atomic E-state index is 0.0146. The van der Waals surface area contributed by atoms with E-state index in [1.54, 1.807) is 12.1 Å². The zero-order valence-electron chi connectivity index (χ0n) is 10.5. The average molecular weight is 367 g/mol. The summed E-state index contributed by atoms with van der Waals surface area (Å²) in [4.78, 5) is 4.02. The largest absolute Gasteiger partial charge is 0.507 e. The van der Waals surface area contributed by atoms with E-state index in [-0.39, 0.29) is 30.5 Å². The molecule has 5 nitrogen and oxygen atoms in total. The van der Waals surface area contributed by atoms with Gasteiger partial charge in [-0.15, -0.1) is 0 Å². The number of nitrogens with zero attached hydrogens (tertiary/aromatic N) is 2. The normalized spacial score (nSPS) is 11.8. The van der Waals surface area contributed by atoms with Crippen molar-refractivity contribution < 1.29 is 27.5 Å². The molecule has 0 saturated carbocycles. The fourth-order valence-corrected chi connectivity index (χ4v) is 1.72. The van der Waals surface area contributed by atoms with Crippen molar-refractivity contribution in [3.63, 3.8) is 0 Å². The Balaban J connectivity index is 1.93. The van der Waals surface area contributed by atoms with Crippen LogP contribution in [0.2, 0.25) is 0 Å². The van der Waals surface area contributed by atoms with Gasteiger partial charge in [0.2, 0.25) is 0 Å². The second-order valence-corrected chi connectivity index (χ2v) is 4.95. The fourth-order valence-electron chi connectivity index (χ4n) is 1.47. The quantitative estimate of drug-likeness (QED) is 0.822. The predicted molar refractivity (Wildman–Crippen MR) is 69.7 cm³/mol. The first kappa shape index (κ1) is 15.8. The molecule has 0 bridgehead atoms. The lowest BCUT2D eigenvalue weighted by Crippen LogP contribution is -2.18. The minimum Gasteiger partial charge on any atom is -0.507 e. The molecule has 1 aromatic heterocycles. The maximum absolute atomic E-state index is 11.9. The first-order valence-electron chi connectivity index (χ1n) is 5.81. The van der Waals surface area contributed by atoms with Crippen LogP contribution >= 0.6 is 15.9 Å². The number of phenols is 1. The molecule has 0 fully saturated rings. The van der Waals surface area contributed by atoms with Crippen molar-refractivity contribution in [1.82, 2.24) is 10.1 Å². The lowest BCUT2D eigenvalue weighted by molar-refractivity contribution is -0.173. The number of ether oxygens (including phenoxy) is 1. The highest BCUT2D eigenvalue weighted by molar-refractivity contribution is 9.10. The second kappa shape index (κ2) is 6.44. The summed E-state index contributed by atoms with van der Waals surface area (Å²) < 4.78 is 45.6. The van der Waals surface area contributed by atoms with Gasteiger partial charge in [-0.2, -0.15) is 18.2 Å². The Kier molecular flexibility index (Phi) is 4.84. The van der Waals surface area contributed by atoms with Gasteiger partial charge in [0.1, 0.15) is 12.4 Å². The number of phenolic OH excluding ortho intramolecular Hbond substituents is 1. The Bertz CT molecular complexity index is 616. The van der Waals surface area contributed by atoms with Crippen LogP contribution in [0, 0.1) is 0 Å². The maximum atomic E-state index is 11.9. The predicted octanol–water partition coefficient (Wildman–Crippen LogP) is 3.33. The Morgan fingerprint density at radius 3 is 2.76 bits per heavy atom. The smallest absolute Gasteiger partial charge is 0.411 e. The Morgan fingerprint density at radius 2 is 2.10 bits per heavy atom. The minimum atomic E-state index is -4.35. The molecule has 1 heterocycles. The Morgan fingerprint density at radius 1 is 1.33 bits per heavy atom. The molecule has 9 heteroatoms. The zero-order valence-corrected chi connectivity index (χ0v) is 12.1. The Hall–Kier alpha value is -1.61. The van der Waals surface area contributed by atoms with Gasteiger partial charge in [-0.3, -0.25) is 0 Å². The fraction of sp³-hybridized carbons (Fsp3) is 0.333. The average Bonchev–Trinajstić information content (AvgIpc) is 2.86. The van der Waals surface area contributed by atoms with Crippen LogP contribution in [0.5, 0.6) is 5.75 Å². The number of alkyl halides is 3. The van der Waals surface area contributed by atoms with Gasteiger partial charge in [-0.1, -0.05) is 5.16 Å². The van der Waals surface area contributed by atoms with E-state index in [0.29, 0.717) is 10.0 Å². The van der Waals surface area contributed by atoms with Gasteiger partial charge < -0.3 is 14.4 Å². The van der Waals surface area contributed by atoms with Gasteiger partial charge in [0.15, 0.2) is 5.82 Å². The highest BCUT2D eigenvalue weighted by atomic mass is 79.9. The van der Waals surface area contributed by atoms with E-state index >= 15 is 0 Å². The lowest BCUT2D eigenvalue weighted by atomic mass is 10.2. The first-order valence-corrected chi connectivity index (χ1v) is 6.60. The van der Waals surface area contributed by atoms with Crippen molar-refractivity contribution in [2.45, 2.75) is 12.6 Å². The van der Waals surface area contributed by atoms with Crippen molar-refractivity contribution >= 4 is 15.9 Å². The van der Waals surface area contributed by atoms with Crippen LogP contribution in [0.15, 0.2) is 27.2 Å². The lowest BCUT2D eigenvalue weighted by Gasteiger charge is -2.05. The van der Waals surface area contributed by atoms with E-state index in [4.69, 9.17) is 4.52 Å². The highest BCUT2D eigenvalue weighted by Gasteiger charge is 2.27. The summed E-state index contributed by atoms with van der Waals surface area (Å²) in [7, 11) is 0. The highest BCUT2D eigenvalue weighted by Crippen LogP contribution is 2.28. The molecule has 0 spiro atoms. The van der Waals surface area contributed by atoms with E-state index < -0.39 is 12.8 Å². The summed E-state index contributed by atoms with van der Waals surface area (Å²) in [6, 6.07) is 4.70. The number of aromatic nitrogens is 2. The molecule has 0 aliphatic carbocycles. The van der Waals surface area contributed by atoms with Crippen LogP contribution in [0.4, 0.5) is 13.2 Å². The SMILES string of the molecule is Oc1cc(-c2nc(CCOCC(F)(F)F)no2)ccc1Br. The third-order valence-electron chi connectivity index (χ3n) is 2.40. The van der Waals surface area contributed by atoms with Crippen LogP contribution in [0.3, 0.4) is 0 Å². The van der Waals surface area contributed by atoms with Crippen molar-refractivity contribution in [1.29, 1.82) is 0 Å². The molecule has 0 aliphatic heterocycles. The molecule has 1 N–H and O–H groups in total. The summed E-state index contributed by atoms with van der Waals surface area (Å²) in [6.45, 7) is -1.47. The molecule has 0 unspecified atom stereocenters. The molecule has 0 radical (unpaired) electrons. The molecule has 21 heavy (non-hydrogen) atoms. The molecule has 2 rings (SSSR count). The summed E-state index contributed by atoms with van der Waals surface area (Å²) in [5.41, 5.74) is 0.505. The van der Waals surface area contributed by atoms with Crippen LogP contribution in [0.1, 0.15) is 5.82 Å². The molecule has 0 atom stereocenters. The zero-order chi connectivity index (χ0) is 15.5. The third-order valence-corrected chi connectivity index (χ3v) is 3.07. The van der Waals surface area contributed by atoms with Crippen molar-refractivity contribution in [2.24, 2.45) is 0 Å². The summed E-state index contributed by atoms with van der Waals surface area (Å²) >= 11 is 3.14. The van der Waals surface area contributed by atoms with Gasteiger partial charge in [0.25, 0.3) is 5.89 Å². The van der Waals surface area contributed by atoms with E-state index in [9.17, 15) is 18.3 Å². The van der Waals surface area contributed by atoms with Crippen LogP contribution < -0.4 is 0 Å². The van der Waals surface area contributed by atoms with Gasteiger partial charge in [0, 0.05) is 12.0 Å². The maximum Gasteiger partial charge on any atom is 0.411 e. The molecule has 0 saturated heterocycles. The van der Waals surface area contributed by atoms with Crippen molar-refractivity contribution in [3.8, 4) is 17.2 Å². The van der Waals surface area contributed by atoms with E-state index in [1.807, 2.05) is 0 Å². The van der Waals surface area contributed by atoms with E-state index in [1.165, 1.54) is 6.07 Å². The van der Waals surface area contributed by atoms with E-state index in [0.717, 1.165) is 0 Å². The van der Waals surface area contributed by atoms with Crippen molar-refractivity contribution in [2.75, 3.05) is 13.2 Å². The summed E-state index contributed by atoms with van der Waals surface area (Å²) in [6.07, 6.45) is -4.25. The number of benzene rings is 1. The van der Waals surface area contributed by atoms with Gasteiger partial charge in [-0.25, -0.2) is 0 Å². The van der Waals surface area contributed by atoms with Crippen molar-refractivity contribution in [3.05, 3.63) is 28.5 Å². The molecule has 0 aliphatic rings. The topological polar surface area (TPSA) is 68.4 Å². The molecule has 2 aromatic rings. The van der Waals surface area contributed by atoms with Crippen LogP contribution in [-0.4, -0.2) is 34.6 Å². The second-order valence-electron chi connectivity index (χ2n) is 4.10. The van der Waals surface area contributed by atoms with Gasteiger partial charge in [0.05, 0.1) is 11.1 Å². The number of aromatic hydroxyl groups is 1. The molecular formula is C12H10BrF3N2O3. The monoisotopic (exact) mass is 366 g/mol. The molecular weight excluding hydrogens is 357 g/mol. The third kappa shape index (κ3) is 4.71. The number of halogens is 4. The van der Waals surface area contributed by atoms with Gasteiger partial charge in [-0.05, 0) is 34.1 Å². The molecule has 114 valence electrons. The van der Waals surface area contributed by atoms with Crippen LogP contribution in [-0.2, 0) is 11.2 Å².